The van der Waals surface area contributed by atoms with Gasteiger partial charge >= 0.3 is 5.97 Å². The fourth-order valence-electron chi connectivity index (χ4n) is 2.38. The van der Waals surface area contributed by atoms with Crippen LogP contribution in [-0.4, -0.2) is 16.9 Å². The Kier molecular flexibility index (Phi) is 4.36. The van der Waals surface area contributed by atoms with Gasteiger partial charge in [0.15, 0.2) is 5.70 Å². The molecule has 4 nitrogen and oxygen atoms in total. The number of thiazole rings is 1. The monoisotopic (exact) mass is 384 g/mol. The van der Waals surface area contributed by atoms with Gasteiger partial charge in [0.2, 0.25) is 5.90 Å². The summed E-state index contributed by atoms with van der Waals surface area (Å²) in [5.74, 6) is -1.18. The number of carbonyl (C=O) groups excluding carboxylic acids is 1. The quantitative estimate of drug-likeness (QED) is 0.474. The number of hydrogen-bond donors (Lipinski definition) is 0. The van der Waals surface area contributed by atoms with Gasteiger partial charge in [-0.15, -0.1) is 11.3 Å². The highest BCUT2D eigenvalue weighted by atomic mass is 35.5. The van der Waals surface area contributed by atoms with Gasteiger partial charge in [-0.2, -0.15) is 0 Å². The van der Waals surface area contributed by atoms with Crippen LogP contribution >= 0.6 is 22.9 Å². The van der Waals surface area contributed by atoms with Gasteiger partial charge < -0.3 is 4.74 Å². The van der Waals surface area contributed by atoms with Crippen molar-refractivity contribution < 1.29 is 13.9 Å². The Morgan fingerprint density at radius 1 is 1.12 bits per heavy atom. The van der Waals surface area contributed by atoms with E-state index in [0.717, 1.165) is 10.6 Å². The predicted octanol–water partition coefficient (Wildman–Crippen LogP) is 4.95. The zero-order valence-corrected chi connectivity index (χ0v) is 14.7. The highest BCUT2D eigenvalue weighted by Crippen LogP contribution is 2.27. The molecule has 0 spiro atoms. The molecule has 1 aromatic heterocycles. The van der Waals surface area contributed by atoms with E-state index in [9.17, 15) is 9.18 Å². The van der Waals surface area contributed by atoms with Gasteiger partial charge in [0.05, 0.1) is 11.3 Å². The third-order valence-corrected chi connectivity index (χ3v) is 4.78. The van der Waals surface area contributed by atoms with Crippen molar-refractivity contribution >= 4 is 40.9 Å². The fraction of sp³-hybridized carbons (Fsp3) is 0. The van der Waals surface area contributed by atoms with Crippen LogP contribution in [0.25, 0.3) is 16.6 Å². The van der Waals surface area contributed by atoms with E-state index in [1.807, 2.05) is 12.1 Å². The molecule has 3 aromatic rings. The van der Waals surface area contributed by atoms with Crippen molar-refractivity contribution in [2.75, 3.05) is 0 Å². The Bertz CT molecular complexity index is 1060. The van der Waals surface area contributed by atoms with Gasteiger partial charge in [0.1, 0.15) is 10.8 Å². The smallest absolute Gasteiger partial charge is 0.363 e. The van der Waals surface area contributed by atoms with E-state index in [-0.39, 0.29) is 17.2 Å². The molecule has 0 amide bonds. The minimum atomic E-state index is -0.635. The second kappa shape index (κ2) is 6.82. The van der Waals surface area contributed by atoms with E-state index in [2.05, 4.69) is 9.98 Å². The molecule has 0 aliphatic carbocycles. The van der Waals surface area contributed by atoms with Crippen molar-refractivity contribution in [3.63, 3.8) is 0 Å². The van der Waals surface area contributed by atoms with E-state index in [4.69, 9.17) is 16.3 Å². The molecule has 2 heterocycles. The number of benzene rings is 2. The van der Waals surface area contributed by atoms with E-state index >= 15 is 0 Å². The maximum Gasteiger partial charge on any atom is 0.363 e. The Hall–Kier alpha value is -2.83. The van der Waals surface area contributed by atoms with E-state index in [1.165, 1.54) is 29.5 Å². The van der Waals surface area contributed by atoms with Crippen LogP contribution in [0, 0.1) is 5.82 Å². The molecular formula is C19H10ClFN2O2S. The first-order chi connectivity index (χ1) is 12.6. The Labute approximate surface area is 157 Å². The van der Waals surface area contributed by atoms with Crippen molar-refractivity contribution in [2.45, 2.75) is 0 Å². The van der Waals surface area contributed by atoms with Gasteiger partial charge in [0, 0.05) is 16.0 Å². The molecule has 0 saturated heterocycles. The fourth-order valence-corrected chi connectivity index (χ4v) is 3.29. The number of halogens is 2. The largest absolute Gasteiger partial charge is 0.402 e. The van der Waals surface area contributed by atoms with Crippen LogP contribution in [0.1, 0.15) is 11.3 Å². The molecule has 0 saturated carbocycles. The summed E-state index contributed by atoms with van der Waals surface area (Å²) < 4.78 is 18.9. The molecule has 128 valence electrons. The van der Waals surface area contributed by atoms with E-state index in [1.54, 1.807) is 29.6 Å². The van der Waals surface area contributed by atoms with Crippen LogP contribution in [-0.2, 0) is 9.53 Å². The lowest BCUT2D eigenvalue weighted by Crippen LogP contribution is -2.07. The number of hydrogen-bond acceptors (Lipinski definition) is 5. The number of rotatable bonds is 3. The van der Waals surface area contributed by atoms with Crippen molar-refractivity contribution in [3.8, 4) is 10.6 Å². The van der Waals surface area contributed by atoms with Crippen LogP contribution in [0.5, 0.6) is 0 Å². The SMILES string of the molecule is O=C1OC(c2ccccc2F)=N/C1=C/c1csc(-c2ccc(Cl)cc2)n1. The number of cyclic esters (lactones) is 1. The van der Waals surface area contributed by atoms with Crippen LogP contribution < -0.4 is 0 Å². The van der Waals surface area contributed by atoms with Crippen LogP contribution in [0.3, 0.4) is 0 Å². The van der Waals surface area contributed by atoms with Gasteiger partial charge in [-0.1, -0.05) is 35.9 Å². The van der Waals surface area contributed by atoms with Crippen molar-refractivity contribution in [3.05, 3.63) is 81.7 Å². The topological polar surface area (TPSA) is 51.5 Å². The second-order valence-electron chi connectivity index (χ2n) is 5.40. The van der Waals surface area contributed by atoms with Gasteiger partial charge in [-0.05, 0) is 30.3 Å². The minimum Gasteiger partial charge on any atom is -0.402 e. The number of aliphatic imine (C=N–C) groups is 1. The predicted molar refractivity (Wildman–Crippen MR) is 99.6 cm³/mol. The molecule has 7 heteroatoms. The van der Waals surface area contributed by atoms with Gasteiger partial charge in [-0.25, -0.2) is 19.2 Å². The average molecular weight is 385 g/mol. The minimum absolute atomic E-state index is 0.0486. The number of nitrogens with zero attached hydrogens (tertiary/aromatic N) is 2. The molecule has 0 radical (unpaired) electrons. The van der Waals surface area contributed by atoms with Crippen molar-refractivity contribution in [1.29, 1.82) is 0 Å². The number of ether oxygens (including phenoxy) is 1. The molecular weight excluding hydrogens is 375 g/mol. The molecule has 0 fully saturated rings. The molecule has 0 bridgehead atoms. The van der Waals surface area contributed by atoms with Crippen LogP contribution in [0.15, 0.2) is 64.6 Å². The number of carbonyl (C=O) groups is 1. The normalized spacial score (nSPS) is 15.2. The molecule has 26 heavy (non-hydrogen) atoms. The zero-order valence-electron chi connectivity index (χ0n) is 13.1. The molecule has 2 aromatic carbocycles. The molecule has 0 unspecified atom stereocenters. The Morgan fingerprint density at radius 2 is 1.88 bits per heavy atom. The zero-order chi connectivity index (χ0) is 18.1. The molecule has 1 aliphatic rings. The summed E-state index contributed by atoms with van der Waals surface area (Å²) in [5.41, 5.74) is 1.72. The average Bonchev–Trinajstić information content (AvgIpc) is 3.24. The van der Waals surface area contributed by atoms with Crippen molar-refractivity contribution in [2.24, 2.45) is 4.99 Å². The maximum absolute atomic E-state index is 13.8. The third kappa shape index (κ3) is 3.29. The highest BCUT2D eigenvalue weighted by Gasteiger charge is 2.26. The lowest BCUT2D eigenvalue weighted by atomic mass is 10.2. The molecule has 0 atom stereocenters. The third-order valence-electron chi connectivity index (χ3n) is 3.62. The summed E-state index contributed by atoms with van der Waals surface area (Å²) >= 11 is 7.32. The van der Waals surface area contributed by atoms with Gasteiger partial charge in [0.25, 0.3) is 0 Å². The molecule has 4 rings (SSSR count). The first-order valence-corrected chi connectivity index (χ1v) is 8.85. The van der Waals surface area contributed by atoms with Crippen molar-refractivity contribution in [1.82, 2.24) is 4.98 Å². The number of esters is 1. The summed E-state index contributed by atoms with van der Waals surface area (Å²) in [4.78, 5) is 20.6. The number of aromatic nitrogens is 1. The lowest BCUT2D eigenvalue weighted by Gasteiger charge is -1.99. The summed E-state index contributed by atoms with van der Waals surface area (Å²) in [7, 11) is 0. The summed E-state index contributed by atoms with van der Waals surface area (Å²) in [5, 5.41) is 3.25. The van der Waals surface area contributed by atoms with Crippen LogP contribution in [0.2, 0.25) is 5.02 Å². The summed E-state index contributed by atoms with van der Waals surface area (Å²) in [6, 6.07) is 13.3. The Morgan fingerprint density at radius 3 is 2.65 bits per heavy atom. The first-order valence-electron chi connectivity index (χ1n) is 7.59. The standard InChI is InChI=1S/C19H10ClFN2O2S/c20-12-7-5-11(6-8-12)18-22-13(10-26-18)9-16-19(24)25-17(23-16)14-3-1-2-4-15(14)21/h1-10H/b16-9+. The summed E-state index contributed by atoms with van der Waals surface area (Å²) in [6.07, 6.45) is 1.52. The first kappa shape index (κ1) is 16.6. The van der Waals surface area contributed by atoms with E-state index in [0.29, 0.717) is 10.7 Å². The highest BCUT2D eigenvalue weighted by molar-refractivity contribution is 7.13. The van der Waals surface area contributed by atoms with Crippen LogP contribution in [0.4, 0.5) is 4.39 Å². The second-order valence-corrected chi connectivity index (χ2v) is 6.69. The maximum atomic E-state index is 13.8. The molecule has 0 N–H and O–H groups in total. The summed E-state index contributed by atoms with van der Waals surface area (Å²) in [6.45, 7) is 0. The van der Waals surface area contributed by atoms with Gasteiger partial charge in [-0.3, -0.25) is 0 Å². The lowest BCUT2D eigenvalue weighted by molar-refractivity contribution is -0.129. The molecule has 1 aliphatic heterocycles. The van der Waals surface area contributed by atoms with E-state index < -0.39 is 11.8 Å². The Balaban J connectivity index is 1.63.